The van der Waals surface area contributed by atoms with Crippen LogP contribution in [0.2, 0.25) is 0 Å². The Morgan fingerprint density at radius 1 is 1.12 bits per heavy atom. The summed E-state index contributed by atoms with van der Waals surface area (Å²) in [7, 11) is 0. The summed E-state index contributed by atoms with van der Waals surface area (Å²) in [6.45, 7) is 9.73. The molecule has 1 aliphatic heterocycles. The van der Waals surface area contributed by atoms with Gasteiger partial charge in [0.25, 0.3) is 0 Å². The van der Waals surface area contributed by atoms with Gasteiger partial charge in [-0.2, -0.15) is 5.26 Å². The molecule has 1 atom stereocenters. The molecule has 1 saturated carbocycles. The van der Waals surface area contributed by atoms with Gasteiger partial charge in [-0.1, -0.05) is 19.3 Å². The summed E-state index contributed by atoms with van der Waals surface area (Å²) < 4.78 is 5.40. The lowest BCUT2D eigenvalue weighted by atomic mass is 9.82. The van der Waals surface area contributed by atoms with Crippen LogP contribution >= 0.6 is 0 Å². The van der Waals surface area contributed by atoms with Gasteiger partial charge < -0.3 is 15.0 Å². The van der Waals surface area contributed by atoms with Crippen molar-refractivity contribution in [3.8, 4) is 6.07 Å². The van der Waals surface area contributed by atoms with E-state index in [1.54, 1.807) is 4.90 Å². The molecule has 1 aliphatic carbocycles. The van der Waals surface area contributed by atoms with Crippen LogP contribution in [0.3, 0.4) is 0 Å². The molecule has 0 aromatic rings. The molecule has 1 unspecified atom stereocenters. The van der Waals surface area contributed by atoms with Crippen LogP contribution < -0.4 is 5.32 Å². The highest BCUT2D eigenvalue weighted by Crippen LogP contribution is 2.27. The predicted molar refractivity (Wildman–Crippen MR) is 98.4 cm³/mol. The Morgan fingerprint density at radius 3 is 2.19 bits per heavy atom. The lowest BCUT2D eigenvalue weighted by molar-refractivity contribution is -0.128. The molecule has 26 heavy (non-hydrogen) atoms. The molecule has 7 heteroatoms. The molecule has 1 saturated heterocycles. The maximum absolute atomic E-state index is 12.7. The van der Waals surface area contributed by atoms with Crippen LogP contribution in [0.5, 0.6) is 0 Å². The van der Waals surface area contributed by atoms with E-state index in [2.05, 4.69) is 16.3 Å². The number of piperazine rings is 1. The van der Waals surface area contributed by atoms with Gasteiger partial charge in [-0.25, -0.2) is 4.79 Å². The second-order valence-corrected chi connectivity index (χ2v) is 8.42. The molecule has 0 aromatic heterocycles. The normalized spacial score (nSPS) is 22.2. The number of rotatable bonds is 3. The number of carbonyl (C=O) groups is 2. The second kappa shape index (κ2) is 8.26. The lowest BCUT2D eigenvalue weighted by Crippen LogP contribution is -2.58. The Morgan fingerprint density at radius 2 is 1.69 bits per heavy atom. The van der Waals surface area contributed by atoms with Crippen molar-refractivity contribution in [2.75, 3.05) is 26.2 Å². The standard InChI is InChI=1S/C19H32N4O3/c1-15(16(24)21-19(14-20)8-6-5-7-9-19)22-10-12-23(13-11-22)17(25)26-18(2,3)4/h15H,5-13H2,1-4H3,(H,21,24). The molecule has 0 bridgehead atoms. The lowest BCUT2D eigenvalue weighted by Gasteiger charge is -2.39. The van der Waals surface area contributed by atoms with Crippen LogP contribution in [-0.4, -0.2) is 65.2 Å². The Hall–Kier alpha value is -1.81. The van der Waals surface area contributed by atoms with E-state index >= 15 is 0 Å². The third-order valence-electron chi connectivity index (χ3n) is 5.18. The molecular weight excluding hydrogens is 332 g/mol. The Bertz CT molecular complexity index is 550. The number of hydrogen-bond acceptors (Lipinski definition) is 5. The van der Waals surface area contributed by atoms with E-state index in [4.69, 9.17) is 4.74 Å². The van der Waals surface area contributed by atoms with Crippen LogP contribution in [0, 0.1) is 11.3 Å². The fraction of sp³-hybridized carbons (Fsp3) is 0.842. The summed E-state index contributed by atoms with van der Waals surface area (Å²) >= 11 is 0. The first-order chi connectivity index (χ1) is 12.2. The van der Waals surface area contributed by atoms with Gasteiger partial charge in [0.1, 0.15) is 11.1 Å². The minimum absolute atomic E-state index is 0.0980. The topological polar surface area (TPSA) is 85.7 Å². The van der Waals surface area contributed by atoms with E-state index in [1.165, 1.54) is 0 Å². The Balaban J connectivity index is 1.85. The number of carbonyl (C=O) groups excluding carboxylic acids is 2. The third-order valence-corrected chi connectivity index (χ3v) is 5.18. The van der Waals surface area contributed by atoms with Crippen molar-refractivity contribution >= 4 is 12.0 Å². The highest BCUT2D eigenvalue weighted by atomic mass is 16.6. The summed E-state index contributed by atoms with van der Waals surface area (Å²) in [5.41, 5.74) is -1.21. The van der Waals surface area contributed by atoms with Crippen molar-refractivity contribution in [2.45, 2.75) is 77.0 Å². The van der Waals surface area contributed by atoms with Crippen molar-refractivity contribution < 1.29 is 14.3 Å². The van der Waals surface area contributed by atoms with Crippen LogP contribution in [-0.2, 0) is 9.53 Å². The van der Waals surface area contributed by atoms with Gasteiger partial charge in [0, 0.05) is 26.2 Å². The van der Waals surface area contributed by atoms with E-state index < -0.39 is 11.1 Å². The van der Waals surface area contributed by atoms with E-state index in [1.807, 2.05) is 27.7 Å². The molecule has 146 valence electrons. The SMILES string of the molecule is CC(C(=O)NC1(C#N)CCCCC1)N1CCN(C(=O)OC(C)(C)C)CC1. The predicted octanol–water partition coefficient (Wildman–Crippen LogP) is 2.27. The van der Waals surface area contributed by atoms with Gasteiger partial charge in [0.2, 0.25) is 5.91 Å². The molecule has 7 nitrogen and oxygen atoms in total. The van der Waals surface area contributed by atoms with Crippen LogP contribution in [0.15, 0.2) is 0 Å². The fourth-order valence-electron chi connectivity index (χ4n) is 3.54. The van der Waals surface area contributed by atoms with Gasteiger partial charge in [-0.05, 0) is 40.5 Å². The van der Waals surface area contributed by atoms with Crippen molar-refractivity contribution in [2.24, 2.45) is 0 Å². The number of nitrogens with zero attached hydrogens (tertiary/aromatic N) is 3. The molecule has 2 rings (SSSR count). The van der Waals surface area contributed by atoms with E-state index in [0.29, 0.717) is 26.2 Å². The van der Waals surface area contributed by atoms with Crippen molar-refractivity contribution in [1.82, 2.24) is 15.1 Å². The van der Waals surface area contributed by atoms with Crippen molar-refractivity contribution in [1.29, 1.82) is 5.26 Å². The van der Waals surface area contributed by atoms with Gasteiger partial charge in [0.15, 0.2) is 0 Å². The first kappa shape index (κ1) is 20.5. The zero-order chi connectivity index (χ0) is 19.4. The molecule has 2 aliphatic rings. The van der Waals surface area contributed by atoms with E-state index in [9.17, 15) is 14.9 Å². The molecule has 1 heterocycles. The van der Waals surface area contributed by atoms with Crippen molar-refractivity contribution in [3.63, 3.8) is 0 Å². The summed E-state index contributed by atoms with van der Waals surface area (Å²) in [6, 6.07) is 2.01. The van der Waals surface area contributed by atoms with Gasteiger partial charge >= 0.3 is 6.09 Å². The maximum Gasteiger partial charge on any atom is 0.410 e. The molecular formula is C19H32N4O3. The third kappa shape index (κ3) is 5.34. The summed E-state index contributed by atoms with van der Waals surface area (Å²) in [5.74, 6) is -0.0980. The fourth-order valence-corrected chi connectivity index (χ4v) is 3.54. The second-order valence-electron chi connectivity index (χ2n) is 8.42. The molecule has 2 fully saturated rings. The van der Waals surface area contributed by atoms with Gasteiger partial charge in [-0.3, -0.25) is 9.69 Å². The largest absolute Gasteiger partial charge is 0.444 e. The van der Waals surface area contributed by atoms with E-state index in [-0.39, 0.29) is 18.0 Å². The maximum atomic E-state index is 12.7. The zero-order valence-electron chi connectivity index (χ0n) is 16.5. The average molecular weight is 364 g/mol. The summed E-state index contributed by atoms with van der Waals surface area (Å²) in [5, 5.41) is 12.5. The molecule has 1 N–H and O–H groups in total. The molecule has 0 aromatic carbocycles. The zero-order valence-corrected chi connectivity index (χ0v) is 16.5. The van der Waals surface area contributed by atoms with Crippen LogP contribution in [0.1, 0.15) is 59.8 Å². The first-order valence-corrected chi connectivity index (χ1v) is 9.61. The smallest absolute Gasteiger partial charge is 0.410 e. The highest BCUT2D eigenvalue weighted by Gasteiger charge is 2.36. The summed E-state index contributed by atoms with van der Waals surface area (Å²) in [6.07, 6.45) is 4.25. The monoisotopic (exact) mass is 364 g/mol. The summed E-state index contributed by atoms with van der Waals surface area (Å²) in [4.78, 5) is 28.6. The quantitative estimate of drug-likeness (QED) is 0.830. The van der Waals surface area contributed by atoms with Crippen LogP contribution in [0.25, 0.3) is 0 Å². The number of nitriles is 1. The number of ether oxygens (including phenoxy) is 1. The first-order valence-electron chi connectivity index (χ1n) is 9.61. The molecule has 2 amide bonds. The van der Waals surface area contributed by atoms with Crippen LogP contribution in [0.4, 0.5) is 4.79 Å². The Kier molecular flexibility index (Phi) is 6.51. The average Bonchev–Trinajstić information content (AvgIpc) is 2.60. The van der Waals surface area contributed by atoms with Crippen molar-refractivity contribution in [3.05, 3.63) is 0 Å². The van der Waals surface area contributed by atoms with Gasteiger partial charge in [-0.15, -0.1) is 0 Å². The van der Waals surface area contributed by atoms with Gasteiger partial charge in [0.05, 0.1) is 12.1 Å². The Labute approximate surface area is 156 Å². The number of amides is 2. The minimum Gasteiger partial charge on any atom is -0.444 e. The number of hydrogen-bond donors (Lipinski definition) is 1. The van der Waals surface area contributed by atoms with E-state index in [0.717, 1.165) is 32.1 Å². The molecule has 0 spiro atoms. The minimum atomic E-state index is -0.706. The number of nitrogens with one attached hydrogen (secondary N) is 1. The molecule has 0 radical (unpaired) electrons. The highest BCUT2D eigenvalue weighted by molar-refractivity contribution is 5.82.